The molecule has 1 aliphatic carbocycles. The van der Waals surface area contributed by atoms with Crippen molar-refractivity contribution in [3.8, 4) is 12.3 Å². The van der Waals surface area contributed by atoms with Gasteiger partial charge in [-0.25, -0.2) is 0 Å². The summed E-state index contributed by atoms with van der Waals surface area (Å²) in [6, 6.07) is 0. The van der Waals surface area contributed by atoms with Crippen LogP contribution in [0.2, 0.25) is 0 Å². The van der Waals surface area contributed by atoms with Crippen molar-refractivity contribution in [2.45, 2.75) is 39.2 Å². The van der Waals surface area contributed by atoms with Crippen LogP contribution in [0.3, 0.4) is 0 Å². The van der Waals surface area contributed by atoms with E-state index in [9.17, 15) is 4.79 Å². The average molecular weight is 223 g/mol. The fourth-order valence-electron chi connectivity index (χ4n) is 2.43. The third kappa shape index (κ3) is 4.67. The van der Waals surface area contributed by atoms with Crippen LogP contribution in [-0.4, -0.2) is 25.2 Å². The largest absolute Gasteiger partial charge is 0.461 e. The van der Waals surface area contributed by atoms with Crippen LogP contribution in [0.1, 0.15) is 33.1 Å². The maximum Gasteiger partial charge on any atom is 0.320 e. The highest BCUT2D eigenvalue weighted by Crippen LogP contribution is 2.30. The molecule has 0 spiro atoms. The molecule has 16 heavy (non-hydrogen) atoms. The summed E-state index contributed by atoms with van der Waals surface area (Å²) in [4.78, 5) is 11.4. The summed E-state index contributed by atoms with van der Waals surface area (Å²) >= 11 is 0. The van der Waals surface area contributed by atoms with E-state index < -0.39 is 0 Å². The number of hydrogen-bond donors (Lipinski definition) is 1. The Hall–Kier alpha value is -1.01. The Labute approximate surface area is 97.9 Å². The summed E-state index contributed by atoms with van der Waals surface area (Å²) < 4.78 is 5.41. The first kappa shape index (κ1) is 13.1. The second-order valence-corrected chi connectivity index (χ2v) is 4.84. The van der Waals surface area contributed by atoms with E-state index in [1.165, 1.54) is 6.42 Å². The first-order valence-corrected chi connectivity index (χ1v) is 5.95. The minimum Gasteiger partial charge on any atom is -0.461 e. The maximum absolute atomic E-state index is 11.4. The summed E-state index contributed by atoms with van der Waals surface area (Å²) in [6.45, 7) is 5.05. The number of terminal acetylenes is 1. The summed E-state index contributed by atoms with van der Waals surface area (Å²) in [6.07, 6.45) is 8.39. The Morgan fingerprint density at radius 1 is 1.38 bits per heavy atom. The van der Waals surface area contributed by atoms with Crippen LogP contribution in [0, 0.1) is 24.2 Å². The molecule has 0 aromatic heterocycles. The van der Waals surface area contributed by atoms with Crippen molar-refractivity contribution >= 4 is 5.97 Å². The molecule has 2 unspecified atom stereocenters. The van der Waals surface area contributed by atoms with Crippen LogP contribution in [-0.2, 0) is 9.53 Å². The zero-order chi connectivity index (χ0) is 12.0. The first-order valence-electron chi connectivity index (χ1n) is 5.95. The second-order valence-electron chi connectivity index (χ2n) is 4.84. The van der Waals surface area contributed by atoms with E-state index in [0.717, 1.165) is 12.8 Å². The van der Waals surface area contributed by atoms with Gasteiger partial charge < -0.3 is 4.74 Å². The van der Waals surface area contributed by atoms with E-state index in [4.69, 9.17) is 11.2 Å². The summed E-state index contributed by atoms with van der Waals surface area (Å²) in [5, 5.41) is 2.84. The molecule has 0 aliphatic heterocycles. The van der Waals surface area contributed by atoms with Crippen LogP contribution >= 0.6 is 0 Å². The monoisotopic (exact) mass is 223 g/mol. The molecule has 2 atom stereocenters. The maximum atomic E-state index is 11.4. The molecule has 0 bridgehead atoms. The molecular weight excluding hydrogens is 202 g/mol. The summed E-state index contributed by atoms with van der Waals surface area (Å²) in [5.41, 5.74) is 0. The molecular formula is C13H21NO2. The molecule has 0 aromatic rings. The van der Waals surface area contributed by atoms with Crippen molar-refractivity contribution in [2.24, 2.45) is 11.8 Å². The van der Waals surface area contributed by atoms with Crippen molar-refractivity contribution in [3.63, 3.8) is 0 Å². The lowest BCUT2D eigenvalue weighted by Crippen LogP contribution is -2.32. The predicted molar refractivity (Wildman–Crippen MR) is 63.8 cm³/mol. The van der Waals surface area contributed by atoms with Gasteiger partial charge in [0.25, 0.3) is 0 Å². The Morgan fingerprint density at radius 3 is 2.56 bits per heavy atom. The number of carbonyl (C=O) groups is 1. The van der Waals surface area contributed by atoms with E-state index in [-0.39, 0.29) is 18.6 Å². The minimum absolute atomic E-state index is 0.0962. The molecule has 0 amide bonds. The molecule has 1 rings (SSSR count). The highest BCUT2D eigenvalue weighted by atomic mass is 16.5. The van der Waals surface area contributed by atoms with Crippen LogP contribution in [0.5, 0.6) is 0 Å². The van der Waals surface area contributed by atoms with E-state index in [1.807, 2.05) is 0 Å². The zero-order valence-corrected chi connectivity index (χ0v) is 10.2. The second kappa shape index (κ2) is 6.55. The highest BCUT2D eigenvalue weighted by molar-refractivity contribution is 5.71. The molecule has 0 saturated heterocycles. The molecule has 1 fully saturated rings. The van der Waals surface area contributed by atoms with Gasteiger partial charge in [0.05, 0.1) is 13.1 Å². The topological polar surface area (TPSA) is 38.3 Å². The van der Waals surface area contributed by atoms with Crippen molar-refractivity contribution < 1.29 is 9.53 Å². The normalized spacial score (nSPS) is 29.4. The molecule has 90 valence electrons. The van der Waals surface area contributed by atoms with Gasteiger partial charge in [-0.2, -0.15) is 0 Å². The van der Waals surface area contributed by atoms with E-state index >= 15 is 0 Å². The number of carbonyl (C=O) groups excluding carboxylic acids is 1. The molecule has 1 aliphatic rings. The lowest BCUT2D eigenvalue weighted by atomic mass is 9.82. The summed E-state index contributed by atoms with van der Waals surface area (Å²) in [5.74, 6) is 3.53. The smallest absolute Gasteiger partial charge is 0.320 e. The Balaban J connectivity index is 2.25. The molecule has 1 N–H and O–H groups in total. The number of ether oxygens (including phenoxy) is 1. The van der Waals surface area contributed by atoms with Crippen molar-refractivity contribution in [3.05, 3.63) is 0 Å². The molecule has 3 heteroatoms. The summed E-state index contributed by atoms with van der Waals surface area (Å²) in [7, 11) is 0. The fourth-order valence-corrected chi connectivity index (χ4v) is 2.43. The standard InChI is InChI=1S/C13H21NO2/c1-4-5-14-9-13(15)16-12-7-10(2)6-11(3)8-12/h1,10-12,14H,5-9H2,2-3H3. The third-order valence-electron chi connectivity index (χ3n) is 2.93. The predicted octanol–water partition coefficient (Wildman–Crippen LogP) is 1.58. The van der Waals surface area contributed by atoms with Crippen molar-refractivity contribution in [2.75, 3.05) is 13.1 Å². The molecule has 0 heterocycles. The highest BCUT2D eigenvalue weighted by Gasteiger charge is 2.26. The first-order chi connectivity index (χ1) is 7.61. The average Bonchev–Trinajstić information content (AvgIpc) is 2.16. The van der Waals surface area contributed by atoms with Gasteiger partial charge in [-0.05, 0) is 31.1 Å². The van der Waals surface area contributed by atoms with Gasteiger partial charge in [0.15, 0.2) is 0 Å². The zero-order valence-electron chi connectivity index (χ0n) is 10.2. The Bertz CT molecular complexity index is 260. The molecule has 0 radical (unpaired) electrons. The number of nitrogens with one attached hydrogen (secondary N) is 1. The number of rotatable bonds is 4. The van der Waals surface area contributed by atoms with Crippen LogP contribution < -0.4 is 5.32 Å². The number of esters is 1. The lowest BCUT2D eigenvalue weighted by Gasteiger charge is -2.31. The molecule has 0 aromatic carbocycles. The van der Waals surface area contributed by atoms with Gasteiger partial charge in [0.2, 0.25) is 0 Å². The lowest BCUT2D eigenvalue weighted by molar-refractivity contribution is -0.150. The minimum atomic E-state index is -0.193. The van der Waals surface area contributed by atoms with Gasteiger partial charge in [0, 0.05) is 0 Å². The van der Waals surface area contributed by atoms with Gasteiger partial charge in [-0.15, -0.1) is 6.42 Å². The van der Waals surface area contributed by atoms with Gasteiger partial charge >= 0.3 is 5.97 Å². The molecule has 1 saturated carbocycles. The van der Waals surface area contributed by atoms with Crippen molar-refractivity contribution in [1.29, 1.82) is 0 Å². The number of hydrogen-bond acceptors (Lipinski definition) is 3. The van der Waals surface area contributed by atoms with Gasteiger partial charge in [-0.1, -0.05) is 19.8 Å². The quantitative estimate of drug-likeness (QED) is 0.447. The van der Waals surface area contributed by atoms with E-state index in [1.54, 1.807) is 0 Å². The van der Waals surface area contributed by atoms with E-state index in [2.05, 4.69) is 25.1 Å². The van der Waals surface area contributed by atoms with E-state index in [0.29, 0.717) is 18.4 Å². The Morgan fingerprint density at radius 2 is 2.00 bits per heavy atom. The van der Waals surface area contributed by atoms with Gasteiger partial charge in [0.1, 0.15) is 6.10 Å². The molecule has 3 nitrogen and oxygen atoms in total. The van der Waals surface area contributed by atoms with Crippen LogP contribution in [0.4, 0.5) is 0 Å². The SMILES string of the molecule is C#CCNCC(=O)OC1CC(C)CC(C)C1. The Kier molecular flexibility index (Phi) is 5.34. The third-order valence-corrected chi connectivity index (χ3v) is 2.93. The van der Waals surface area contributed by atoms with Crippen molar-refractivity contribution in [1.82, 2.24) is 5.32 Å². The van der Waals surface area contributed by atoms with Crippen LogP contribution in [0.15, 0.2) is 0 Å². The fraction of sp³-hybridized carbons (Fsp3) is 0.769. The van der Waals surface area contributed by atoms with Gasteiger partial charge in [-0.3, -0.25) is 10.1 Å². The van der Waals surface area contributed by atoms with Crippen LogP contribution in [0.25, 0.3) is 0 Å².